The van der Waals surface area contributed by atoms with E-state index in [2.05, 4.69) is 39.0 Å². The second kappa shape index (κ2) is 3.64. The molecular weight excluding hydrogens is 184 g/mol. The molecule has 0 saturated heterocycles. The summed E-state index contributed by atoms with van der Waals surface area (Å²) in [4.78, 5) is 0. The van der Waals surface area contributed by atoms with Crippen LogP contribution >= 0.6 is 0 Å². The molecule has 1 heteroatoms. The normalized spacial score (nSPS) is 21.2. The Morgan fingerprint density at radius 2 is 2.00 bits per heavy atom. The second-order valence-electron chi connectivity index (χ2n) is 5.57. The zero-order chi connectivity index (χ0) is 11.1. The highest BCUT2D eigenvalue weighted by molar-refractivity contribution is 5.37. The first-order valence-electron chi connectivity index (χ1n) is 5.80. The summed E-state index contributed by atoms with van der Waals surface area (Å²) < 4.78 is 0. The van der Waals surface area contributed by atoms with E-state index in [9.17, 15) is 5.11 Å². The van der Waals surface area contributed by atoms with Crippen LogP contribution in [-0.2, 0) is 11.8 Å². The number of aliphatic hydroxyl groups excluding tert-OH is 1. The van der Waals surface area contributed by atoms with Gasteiger partial charge in [-0.15, -0.1) is 0 Å². The van der Waals surface area contributed by atoms with Crippen LogP contribution in [0.25, 0.3) is 0 Å². The smallest absolute Gasteiger partial charge is 0.0792 e. The van der Waals surface area contributed by atoms with Gasteiger partial charge in [0.05, 0.1) is 6.10 Å². The Morgan fingerprint density at radius 1 is 1.27 bits per heavy atom. The third kappa shape index (κ3) is 2.07. The molecule has 0 spiro atoms. The van der Waals surface area contributed by atoms with Crippen molar-refractivity contribution in [3.8, 4) is 0 Å². The lowest BCUT2D eigenvalue weighted by atomic mass is 9.81. The third-order valence-corrected chi connectivity index (χ3v) is 3.29. The molecule has 1 aliphatic carbocycles. The lowest BCUT2D eigenvalue weighted by molar-refractivity contribution is 0.156. The fourth-order valence-corrected chi connectivity index (χ4v) is 2.26. The summed E-state index contributed by atoms with van der Waals surface area (Å²) in [5.74, 6) is 0. The van der Waals surface area contributed by atoms with Crippen LogP contribution in [0.3, 0.4) is 0 Å². The first kappa shape index (κ1) is 10.7. The van der Waals surface area contributed by atoms with Gasteiger partial charge >= 0.3 is 0 Å². The van der Waals surface area contributed by atoms with Crippen LogP contribution in [0.15, 0.2) is 18.2 Å². The zero-order valence-electron chi connectivity index (χ0n) is 9.88. The van der Waals surface area contributed by atoms with E-state index >= 15 is 0 Å². The number of hydrogen-bond donors (Lipinski definition) is 1. The van der Waals surface area contributed by atoms with Crippen LogP contribution in [0.2, 0.25) is 0 Å². The summed E-state index contributed by atoms with van der Waals surface area (Å²) in [5, 5.41) is 9.86. The first-order valence-corrected chi connectivity index (χ1v) is 5.80. The van der Waals surface area contributed by atoms with Gasteiger partial charge in [-0.2, -0.15) is 0 Å². The summed E-state index contributed by atoms with van der Waals surface area (Å²) in [6.45, 7) is 6.69. The quantitative estimate of drug-likeness (QED) is 0.687. The highest BCUT2D eigenvalue weighted by atomic mass is 16.3. The molecule has 1 N–H and O–H groups in total. The largest absolute Gasteiger partial charge is 0.388 e. The van der Waals surface area contributed by atoms with Gasteiger partial charge in [0.15, 0.2) is 0 Å². The van der Waals surface area contributed by atoms with Gasteiger partial charge in [-0.1, -0.05) is 39.0 Å². The summed E-state index contributed by atoms with van der Waals surface area (Å²) in [6.07, 6.45) is 2.92. The molecule has 1 nitrogen and oxygen atoms in total. The Balaban J connectivity index is 2.42. The molecule has 1 aromatic rings. The maximum atomic E-state index is 9.86. The van der Waals surface area contributed by atoms with E-state index in [1.165, 1.54) is 11.1 Å². The molecule has 0 saturated carbocycles. The van der Waals surface area contributed by atoms with E-state index < -0.39 is 0 Å². The van der Waals surface area contributed by atoms with Gasteiger partial charge in [0.1, 0.15) is 0 Å². The van der Waals surface area contributed by atoms with Gasteiger partial charge < -0.3 is 5.11 Å². The molecule has 1 atom stereocenters. The number of rotatable bonds is 0. The molecule has 0 radical (unpaired) electrons. The Kier molecular flexibility index (Phi) is 2.59. The van der Waals surface area contributed by atoms with Crippen molar-refractivity contribution in [2.45, 2.75) is 51.6 Å². The predicted octanol–water partition coefficient (Wildman–Crippen LogP) is 3.35. The first-order chi connectivity index (χ1) is 6.98. The number of aryl methyl sites for hydroxylation is 1. The van der Waals surface area contributed by atoms with Gasteiger partial charge in [-0.3, -0.25) is 0 Å². The van der Waals surface area contributed by atoms with Crippen LogP contribution in [-0.4, -0.2) is 5.11 Å². The van der Waals surface area contributed by atoms with Gasteiger partial charge in [0.2, 0.25) is 0 Å². The van der Waals surface area contributed by atoms with Crippen LogP contribution in [0.5, 0.6) is 0 Å². The Morgan fingerprint density at radius 3 is 2.67 bits per heavy atom. The molecule has 15 heavy (non-hydrogen) atoms. The van der Waals surface area contributed by atoms with Gasteiger partial charge in [0.25, 0.3) is 0 Å². The molecule has 1 aromatic carbocycles. The highest BCUT2D eigenvalue weighted by Gasteiger charge is 2.20. The molecular formula is C14H20O. The highest BCUT2D eigenvalue weighted by Crippen LogP contribution is 2.33. The van der Waals surface area contributed by atoms with Crippen LogP contribution < -0.4 is 0 Å². The van der Waals surface area contributed by atoms with Crippen molar-refractivity contribution in [2.75, 3.05) is 0 Å². The van der Waals surface area contributed by atoms with Crippen molar-refractivity contribution in [3.05, 3.63) is 34.9 Å². The molecule has 1 unspecified atom stereocenters. The summed E-state index contributed by atoms with van der Waals surface area (Å²) in [6, 6.07) is 6.55. The minimum atomic E-state index is -0.234. The molecule has 82 valence electrons. The van der Waals surface area contributed by atoms with Crippen molar-refractivity contribution in [2.24, 2.45) is 0 Å². The van der Waals surface area contributed by atoms with Crippen LogP contribution in [0, 0.1) is 0 Å². The van der Waals surface area contributed by atoms with Gasteiger partial charge in [-0.25, -0.2) is 0 Å². The van der Waals surface area contributed by atoms with E-state index in [1.54, 1.807) is 0 Å². The lowest BCUT2D eigenvalue weighted by Gasteiger charge is -2.25. The molecule has 0 amide bonds. The third-order valence-electron chi connectivity index (χ3n) is 3.29. The summed E-state index contributed by atoms with van der Waals surface area (Å²) in [5.41, 5.74) is 4.07. The van der Waals surface area contributed by atoms with E-state index in [-0.39, 0.29) is 11.5 Å². The molecule has 0 aliphatic heterocycles. The van der Waals surface area contributed by atoms with Crippen molar-refractivity contribution in [1.82, 2.24) is 0 Å². The Labute approximate surface area is 92.1 Å². The number of aliphatic hydroxyl groups is 1. The molecule has 0 heterocycles. The fraction of sp³-hybridized carbons (Fsp3) is 0.571. The standard InChI is InChI=1S/C14H20O/c1-14(2,3)11-7-8-12-10(9-11)5-4-6-13(12)15/h7-9,13,15H,4-6H2,1-3H3. The average molecular weight is 204 g/mol. The molecule has 1 aliphatic rings. The predicted molar refractivity (Wildman–Crippen MR) is 63.0 cm³/mol. The van der Waals surface area contributed by atoms with Crippen molar-refractivity contribution in [1.29, 1.82) is 0 Å². The topological polar surface area (TPSA) is 20.2 Å². The zero-order valence-corrected chi connectivity index (χ0v) is 9.88. The molecule has 0 bridgehead atoms. The van der Waals surface area contributed by atoms with Gasteiger partial charge in [-0.05, 0) is 41.4 Å². The van der Waals surface area contributed by atoms with Gasteiger partial charge in [0, 0.05) is 0 Å². The van der Waals surface area contributed by atoms with E-state index in [4.69, 9.17) is 0 Å². The number of benzene rings is 1. The van der Waals surface area contributed by atoms with Crippen LogP contribution in [0.4, 0.5) is 0 Å². The minimum Gasteiger partial charge on any atom is -0.388 e. The summed E-state index contributed by atoms with van der Waals surface area (Å²) in [7, 11) is 0. The maximum absolute atomic E-state index is 9.86. The monoisotopic (exact) mass is 204 g/mol. The summed E-state index contributed by atoms with van der Waals surface area (Å²) >= 11 is 0. The minimum absolute atomic E-state index is 0.206. The van der Waals surface area contributed by atoms with E-state index in [0.717, 1.165) is 24.8 Å². The SMILES string of the molecule is CC(C)(C)c1ccc2c(c1)CCCC2O. The molecule has 2 rings (SSSR count). The lowest BCUT2D eigenvalue weighted by Crippen LogP contribution is -2.15. The van der Waals surface area contributed by atoms with Crippen molar-refractivity contribution >= 4 is 0 Å². The van der Waals surface area contributed by atoms with Crippen molar-refractivity contribution < 1.29 is 5.11 Å². The van der Waals surface area contributed by atoms with E-state index in [1.807, 2.05) is 0 Å². The van der Waals surface area contributed by atoms with Crippen LogP contribution in [0.1, 0.15) is 56.4 Å². The van der Waals surface area contributed by atoms with Crippen molar-refractivity contribution in [3.63, 3.8) is 0 Å². The van der Waals surface area contributed by atoms with E-state index in [0.29, 0.717) is 0 Å². The fourth-order valence-electron chi connectivity index (χ4n) is 2.26. The average Bonchev–Trinajstić information content (AvgIpc) is 2.16. The number of hydrogen-bond acceptors (Lipinski definition) is 1. The second-order valence-corrected chi connectivity index (χ2v) is 5.57. The Hall–Kier alpha value is -0.820. The molecule has 0 aromatic heterocycles. The number of fused-ring (bicyclic) bond motifs is 1. The maximum Gasteiger partial charge on any atom is 0.0792 e. The molecule has 0 fully saturated rings. The Bertz CT molecular complexity index is 360.